The minimum absolute atomic E-state index is 0.107. The minimum atomic E-state index is -0.274. The zero-order valence-electron chi connectivity index (χ0n) is 14.7. The monoisotopic (exact) mass is 374 g/mol. The molecule has 1 heterocycles. The van der Waals surface area contributed by atoms with Gasteiger partial charge in [-0.05, 0) is 55.7 Å². The first-order valence-corrected chi connectivity index (χ1v) is 9.14. The molecule has 4 nitrogen and oxygen atoms in total. The summed E-state index contributed by atoms with van der Waals surface area (Å²) in [5, 5.41) is 13.7. The van der Waals surface area contributed by atoms with Crippen molar-refractivity contribution in [1.29, 1.82) is 0 Å². The van der Waals surface area contributed by atoms with Crippen LogP contribution in [0.5, 0.6) is 5.75 Å². The number of aromatic hydroxyl groups is 1. The van der Waals surface area contributed by atoms with Crippen LogP contribution in [0, 0.1) is 12.7 Å². The van der Waals surface area contributed by atoms with Crippen LogP contribution in [-0.4, -0.2) is 34.4 Å². The second-order valence-corrected chi connectivity index (χ2v) is 6.93. The van der Waals surface area contributed by atoms with Crippen LogP contribution in [0.3, 0.4) is 0 Å². The largest absolute Gasteiger partial charge is 0.508 e. The molecule has 2 N–H and O–H groups in total. The van der Waals surface area contributed by atoms with Gasteiger partial charge in [-0.3, -0.25) is 0 Å². The van der Waals surface area contributed by atoms with Crippen LogP contribution < -0.4 is 5.32 Å². The van der Waals surface area contributed by atoms with Gasteiger partial charge in [-0.1, -0.05) is 24.3 Å². The van der Waals surface area contributed by atoms with Gasteiger partial charge in [0.2, 0.25) is 0 Å². The van der Waals surface area contributed by atoms with Crippen molar-refractivity contribution in [1.82, 2.24) is 4.90 Å². The number of thiocarbonyl (C=S) groups is 1. The molecule has 1 atom stereocenters. The predicted molar refractivity (Wildman–Crippen MR) is 105 cm³/mol. The highest BCUT2D eigenvalue weighted by molar-refractivity contribution is 7.80. The number of benzene rings is 2. The van der Waals surface area contributed by atoms with Crippen molar-refractivity contribution >= 4 is 23.0 Å². The molecule has 0 unspecified atom stereocenters. The number of halogens is 1. The number of hydrogen-bond donors (Lipinski definition) is 2. The number of ether oxygens (including phenoxy) is 1. The van der Waals surface area contributed by atoms with E-state index in [1.165, 1.54) is 6.07 Å². The van der Waals surface area contributed by atoms with E-state index >= 15 is 0 Å². The Morgan fingerprint density at radius 1 is 1.35 bits per heavy atom. The zero-order chi connectivity index (χ0) is 18.5. The maximum Gasteiger partial charge on any atom is 0.173 e. The molecule has 2 aromatic rings. The number of nitrogens with one attached hydrogen (secondary N) is 1. The average Bonchev–Trinajstić information content (AvgIpc) is 3.12. The molecule has 1 fully saturated rings. The Bertz CT molecular complexity index is 778. The SMILES string of the molecule is Cc1ccc(NC(=S)N(Cc2ccccc2O)C[C@H]2CCCO2)cc1F. The van der Waals surface area contributed by atoms with Crippen molar-refractivity contribution in [2.45, 2.75) is 32.4 Å². The third-order valence-electron chi connectivity index (χ3n) is 4.51. The van der Waals surface area contributed by atoms with Gasteiger partial charge >= 0.3 is 0 Å². The van der Waals surface area contributed by atoms with Crippen LogP contribution in [0.15, 0.2) is 42.5 Å². The third kappa shape index (κ3) is 4.71. The Labute approximate surface area is 158 Å². The third-order valence-corrected chi connectivity index (χ3v) is 4.87. The predicted octanol–water partition coefficient (Wildman–Crippen LogP) is 4.22. The van der Waals surface area contributed by atoms with Gasteiger partial charge in [-0.15, -0.1) is 0 Å². The molecule has 1 saturated heterocycles. The molecule has 0 bridgehead atoms. The molecule has 1 aliphatic heterocycles. The molecule has 3 rings (SSSR count). The maximum atomic E-state index is 13.8. The lowest BCUT2D eigenvalue weighted by Crippen LogP contribution is -2.39. The van der Waals surface area contributed by atoms with Crippen molar-refractivity contribution in [3.63, 3.8) is 0 Å². The van der Waals surface area contributed by atoms with Crippen molar-refractivity contribution in [2.24, 2.45) is 0 Å². The van der Waals surface area contributed by atoms with Crippen molar-refractivity contribution in [3.8, 4) is 5.75 Å². The van der Waals surface area contributed by atoms with Gasteiger partial charge in [0.25, 0.3) is 0 Å². The van der Waals surface area contributed by atoms with E-state index in [0.717, 1.165) is 25.0 Å². The van der Waals surface area contributed by atoms with E-state index in [0.29, 0.717) is 29.5 Å². The van der Waals surface area contributed by atoms with E-state index in [4.69, 9.17) is 17.0 Å². The molecule has 138 valence electrons. The molecule has 2 aromatic carbocycles. The summed E-state index contributed by atoms with van der Waals surface area (Å²) in [5.41, 5.74) is 1.98. The van der Waals surface area contributed by atoms with Gasteiger partial charge in [-0.25, -0.2) is 4.39 Å². The summed E-state index contributed by atoms with van der Waals surface area (Å²) >= 11 is 5.57. The summed E-state index contributed by atoms with van der Waals surface area (Å²) in [7, 11) is 0. The number of phenols is 1. The van der Waals surface area contributed by atoms with E-state index < -0.39 is 0 Å². The first-order chi connectivity index (χ1) is 12.5. The number of rotatable bonds is 5. The van der Waals surface area contributed by atoms with Crippen molar-refractivity contribution in [2.75, 3.05) is 18.5 Å². The van der Waals surface area contributed by atoms with Crippen molar-refractivity contribution < 1.29 is 14.2 Å². The zero-order valence-corrected chi connectivity index (χ0v) is 15.6. The smallest absolute Gasteiger partial charge is 0.173 e. The molecule has 0 saturated carbocycles. The Balaban J connectivity index is 1.75. The van der Waals surface area contributed by atoms with Crippen molar-refractivity contribution in [3.05, 3.63) is 59.4 Å². The molecule has 0 radical (unpaired) electrons. The number of nitrogens with zero attached hydrogens (tertiary/aromatic N) is 1. The highest BCUT2D eigenvalue weighted by Crippen LogP contribution is 2.21. The van der Waals surface area contributed by atoms with Gasteiger partial charge in [-0.2, -0.15) is 0 Å². The van der Waals surface area contributed by atoms with Gasteiger partial charge in [0, 0.05) is 30.9 Å². The lowest BCUT2D eigenvalue weighted by Gasteiger charge is -2.28. The first-order valence-electron chi connectivity index (χ1n) is 8.73. The van der Waals surface area contributed by atoms with Crippen LogP contribution in [0.25, 0.3) is 0 Å². The number of phenolic OH excluding ortho intramolecular Hbond substituents is 1. The van der Waals surface area contributed by atoms with Crippen LogP contribution in [0.4, 0.5) is 10.1 Å². The molecule has 0 aliphatic carbocycles. The molecular weight excluding hydrogens is 351 g/mol. The van der Waals surface area contributed by atoms with Crippen LogP contribution in [-0.2, 0) is 11.3 Å². The van der Waals surface area contributed by atoms with Crippen LogP contribution >= 0.6 is 12.2 Å². The second-order valence-electron chi connectivity index (χ2n) is 6.54. The van der Waals surface area contributed by atoms with Crippen LogP contribution in [0.1, 0.15) is 24.0 Å². The summed E-state index contributed by atoms with van der Waals surface area (Å²) in [4.78, 5) is 1.96. The van der Waals surface area contributed by atoms with Gasteiger partial charge in [0.15, 0.2) is 5.11 Å². The summed E-state index contributed by atoms with van der Waals surface area (Å²) in [6.45, 7) is 3.55. The van der Waals surface area contributed by atoms with Gasteiger partial charge in [0.1, 0.15) is 11.6 Å². The molecule has 1 aliphatic rings. The molecule has 0 spiro atoms. The van der Waals surface area contributed by atoms with E-state index in [2.05, 4.69) is 5.32 Å². The van der Waals surface area contributed by atoms with Gasteiger partial charge in [0.05, 0.1) is 6.10 Å². The minimum Gasteiger partial charge on any atom is -0.508 e. The first kappa shape index (κ1) is 18.6. The Kier molecular flexibility index (Phi) is 6.06. The summed E-state index contributed by atoms with van der Waals surface area (Å²) in [6.07, 6.45) is 2.13. The summed E-state index contributed by atoms with van der Waals surface area (Å²) < 4.78 is 19.5. The molecular formula is C20H23FN2O2S. The van der Waals surface area contributed by atoms with Gasteiger partial charge < -0.3 is 20.1 Å². The Morgan fingerprint density at radius 3 is 2.85 bits per heavy atom. The quantitative estimate of drug-likeness (QED) is 0.768. The molecule has 0 aromatic heterocycles. The van der Waals surface area contributed by atoms with E-state index in [9.17, 15) is 9.50 Å². The lowest BCUT2D eigenvalue weighted by atomic mass is 10.1. The van der Waals surface area contributed by atoms with E-state index in [1.54, 1.807) is 31.2 Å². The van der Waals surface area contributed by atoms with E-state index in [1.807, 2.05) is 17.0 Å². The fourth-order valence-corrected chi connectivity index (χ4v) is 3.23. The Morgan fingerprint density at radius 2 is 2.15 bits per heavy atom. The standard InChI is InChI=1S/C20H23FN2O2S/c1-14-8-9-16(11-18(14)21)22-20(26)23(13-17-6-4-10-25-17)12-15-5-2-3-7-19(15)24/h2-3,5,7-9,11,17,24H,4,6,10,12-13H2,1H3,(H,22,26)/t17-/m1/s1. The second kappa shape index (κ2) is 8.47. The Hall–Kier alpha value is -2.18. The maximum absolute atomic E-state index is 13.8. The number of hydrogen-bond acceptors (Lipinski definition) is 3. The number of anilines is 1. The fraction of sp³-hybridized carbons (Fsp3) is 0.350. The number of aryl methyl sites for hydroxylation is 1. The molecule has 26 heavy (non-hydrogen) atoms. The lowest BCUT2D eigenvalue weighted by molar-refractivity contribution is 0.0903. The molecule has 6 heteroatoms. The number of para-hydroxylation sites is 1. The highest BCUT2D eigenvalue weighted by Gasteiger charge is 2.22. The fourth-order valence-electron chi connectivity index (χ4n) is 2.98. The highest BCUT2D eigenvalue weighted by atomic mass is 32.1. The normalized spacial score (nSPS) is 16.5. The summed E-state index contributed by atoms with van der Waals surface area (Å²) in [5.74, 6) is -0.0433. The van der Waals surface area contributed by atoms with E-state index in [-0.39, 0.29) is 17.7 Å². The average molecular weight is 374 g/mol. The topological polar surface area (TPSA) is 44.7 Å². The molecule has 0 amide bonds. The van der Waals surface area contributed by atoms with Crippen LogP contribution in [0.2, 0.25) is 0 Å². The summed E-state index contributed by atoms with van der Waals surface area (Å²) in [6, 6.07) is 12.1.